The van der Waals surface area contributed by atoms with Crippen LogP contribution in [0.1, 0.15) is 25.7 Å². The molecule has 4 aromatic rings. The number of halogens is 1. The van der Waals surface area contributed by atoms with E-state index in [2.05, 4.69) is 20.2 Å². The standard InChI is InChI=1S/C36H42FN5O7/c1-41(29-22-25(44-2)14-16-31(29)45-3)36(43)49-33-23-28(26-11-9-12-32(46-4)34(26)47-5)39-35(40-33)38-24-13-15-30(27(37)21-24)48-20-10-19-42-17-7-6-8-18-42/h9,11-16,21-23H,6-8,10,17-20H2,1-5H3,(H,38,39,40). The SMILES string of the molecule is COc1ccc(OC)c(N(C)C(=O)Oc2cc(-c3cccc(OC)c3OC)nc(Nc3ccc(OCCCN4CCCCC4)c(F)c3)n2)c1. The average molecular weight is 676 g/mol. The van der Waals surface area contributed by atoms with Gasteiger partial charge in [0.2, 0.25) is 11.8 Å². The predicted octanol–water partition coefficient (Wildman–Crippen LogP) is 6.95. The van der Waals surface area contributed by atoms with Crippen molar-refractivity contribution < 1.29 is 37.6 Å². The van der Waals surface area contributed by atoms with Gasteiger partial charge < -0.3 is 38.6 Å². The Morgan fingerprint density at radius 1 is 0.878 bits per heavy atom. The molecule has 1 aliphatic rings. The van der Waals surface area contributed by atoms with E-state index in [9.17, 15) is 4.79 Å². The van der Waals surface area contributed by atoms with E-state index in [1.807, 2.05) is 0 Å². The fourth-order valence-corrected chi connectivity index (χ4v) is 5.55. The van der Waals surface area contributed by atoms with Gasteiger partial charge in [-0.15, -0.1) is 0 Å². The highest BCUT2D eigenvalue weighted by atomic mass is 19.1. The van der Waals surface area contributed by atoms with Crippen LogP contribution >= 0.6 is 0 Å². The van der Waals surface area contributed by atoms with Gasteiger partial charge in [0.15, 0.2) is 23.1 Å². The Morgan fingerprint density at radius 3 is 2.37 bits per heavy atom. The van der Waals surface area contributed by atoms with Crippen molar-refractivity contribution in [1.82, 2.24) is 14.9 Å². The van der Waals surface area contributed by atoms with E-state index >= 15 is 4.39 Å². The monoisotopic (exact) mass is 675 g/mol. The molecule has 0 unspecified atom stereocenters. The lowest BCUT2D eigenvalue weighted by Crippen LogP contribution is -2.31. The number of rotatable bonds is 14. The number of ether oxygens (including phenoxy) is 6. The number of nitrogens with one attached hydrogen (secondary N) is 1. The molecule has 1 N–H and O–H groups in total. The molecule has 260 valence electrons. The fourth-order valence-electron chi connectivity index (χ4n) is 5.55. The van der Waals surface area contributed by atoms with Crippen molar-refractivity contribution in [2.75, 3.05) is 71.9 Å². The zero-order valence-electron chi connectivity index (χ0n) is 28.5. The van der Waals surface area contributed by atoms with Gasteiger partial charge in [-0.25, -0.2) is 14.2 Å². The molecular formula is C36H42FN5O7. The van der Waals surface area contributed by atoms with Crippen LogP contribution in [-0.4, -0.2) is 82.7 Å². The maximum atomic E-state index is 15.1. The molecule has 13 heteroatoms. The zero-order chi connectivity index (χ0) is 34.8. The first-order chi connectivity index (χ1) is 23.8. The highest BCUT2D eigenvalue weighted by molar-refractivity contribution is 5.91. The van der Waals surface area contributed by atoms with E-state index in [0.29, 0.717) is 52.2 Å². The molecule has 3 aromatic carbocycles. The van der Waals surface area contributed by atoms with Crippen molar-refractivity contribution in [3.8, 4) is 45.9 Å². The van der Waals surface area contributed by atoms with E-state index in [1.54, 1.807) is 48.5 Å². The Morgan fingerprint density at radius 2 is 1.65 bits per heavy atom. The minimum absolute atomic E-state index is 0.0430. The van der Waals surface area contributed by atoms with E-state index in [4.69, 9.17) is 28.4 Å². The summed E-state index contributed by atoms with van der Waals surface area (Å²) in [6.07, 6.45) is 3.79. The van der Waals surface area contributed by atoms with Gasteiger partial charge in [0.05, 0.1) is 46.4 Å². The molecule has 0 aliphatic carbocycles. The maximum Gasteiger partial charge on any atom is 0.420 e. The number of benzene rings is 3. The number of hydrogen-bond acceptors (Lipinski definition) is 11. The van der Waals surface area contributed by atoms with E-state index in [1.165, 1.54) is 71.8 Å². The number of carbonyl (C=O) groups is 1. The van der Waals surface area contributed by atoms with Crippen LogP contribution in [0.2, 0.25) is 0 Å². The topological polar surface area (TPSA) is 117 Å². The highest BCUT2D eigenvalue weighted by Crippen LogP contribution is 2.39. The van der Waals surface area contributed by atoms with Crippen LogP contribution in [0, 0.1) is 5.82 Å². The van der Waals surface area contributed by atoms with E-state index in [-0.39, 0.29) is 17.6 Å². The molecule has 1 aromatic heterocycles. The Hall–Kier alpha value is -5.30. The first-order valence-electron chi connectivity index (χ1n) is 16.0. The summed E-state index contributed by atoms with van der Waals surface area (Å²) in [6.45, 7) is 3.57. The molecule has 0 saturated carbocycles. The molecule has 1 saturated heterocycles. The first-order valence-corrected chi connectivity index (χ1v) is 16.0. The number of likely N-dealkylation sites (tertiary alicyclic amines) is 1. The van der Waals surface area contributed by atoms with Gasteiger partial charge in [-0.05, 0) is 68.8 Å². The first kappa shape index (κ1) is 35.0. The number of hydrogen-bond donors (Lipinski definition) is 1. The predicted molar refractivity (Wildman–Crippen MR) is 185 cm³/mol. The second kappa shape index (κ2) is 16.7. The number of piperidine rings is 1. The van der Waals surface area contributed by atoms with Gasteiger partial charge in [0.25, 0.3) is 0 Å². The van der Waals surface area contributed by atoms with Crippen molar-refractivity contribution in [3.05, 3.63) is 66.5 Å². The Labute approximate surface area is 285 Å². The number of amides is 1. The summed E-state index contributed by atoms with van der Waals surface area (Å²) in [5.74, 6) is 1.44. The summed E-state index contributed by atoms with van der Waals surface area (Å²) in [6, 6.07) is 16.4. The third-order valence-corrected chi connectivity index (χ3v) is 8.11. The summed E-state index contributed by atoms with van der Waals surface area (Å²) < 4.78 is 48.5. The molecule has 0 spiro atoms. The minimum Gasteiger partial charge on any atom is -0.497 e. The Kier molecular flexibility index (Phi) is 11.9. The molecule has 1 fully saturated rings. The van der Waals surface area contributed by atoms with Gasteiger partial charge in [-0.2, -0.15) is 4.98 Å². The van der Waals surface area contributed by atoms with Crippen molar-refractivity contribution in [2.24, 2.45) is 0 Å². The number of carbonyl (C=O) groups excluding carboxylic acids is 1. The molecule has 1 aliphatic heterocycles. The van der Waals surface area contributed by atoms with E-state index in [0.717, 1.165) is 26.1 Å². The lowest BCUT2D eigenvalue weighted by molar-refractivity contribution is 0.203. The second-order valence-corrected chi connectivity index (χ2v) is 11.3. The normalized spacial score (nSPS) is 12.9. The highest BCUT2D eigenvalue weighted by Gasteiger charge is 2.22. The van der Waals surface area contributed by atoms with Gasteiger partial charge in [-0.1, -0.05) is 12.5 Å². The molecular weight excluding hydrogens is 633 g/mol. The summed E-state index contributed by atoms with van der Waals surface area (Å²) in [7, 11) is 7.60. The molecule has 12 nitrogen and oxygen atoms in total. The third kappa shape index (κ3) is 8.79. The van der Waals surface area contributed by atoms with Gasteiger partial charge in [0.1, 0.15) is 11.5 Å². The maximum absolute atomic E-state index is 15.1. The van der Waals surface area contributed by atoms with Crippen molar-refractivity contribution in [3.63, 3.8) is 0 Å². The van der Waals surface area contributed by atoms with Crippen LogP contribution in [0.25, 0.3) is 11.3 Å². The lowest BCUT2D eigenvalue weighted by Gasteiger charge is -2.26. The summed E-state index contributed by atoms with van der Waals surface area (Å²) in [5.41, 5.74) is 1.68. The van der Waals surface area contributed by atoms with Gasteiger partial charge >= 0.3 is 6.09 Å². The summed E-state index contributed by atoms with van der Waals surface area (Å²) in [4.78, 5) is 26.2. The summed E-state index contributed by atoms with van der Waals surface area (Å²) in [5, 5.41) is 3.03. The molecule has 0 atom stereocenters. The molecule has 2 heterocycles. The molecule has 49 heavy (non-hydrogen) atoms. The number of aromatic nitrogens is 2. The molecule has 1 amide bonds. The van der Waals surface area contributed by atoms with Crippen molar-refractivity contribution >= 4 is 23.4 Å². The fraction of sp³-hybridized carbons (Fsp3) is 0.361. The summed E-state index contributed by atoms with van der Waals surface area (Å²) >= 11 is 0. The van der Waals surface area contributed by atoms with Crippen LogP contribution in [0.4, 0.5) is 26.5 Å². The lowest BCUT2D eigenvalue weighted by atomic mass is 10.1. The van der Waals surface area contributed by atoms with Crippen LogP contribution in [-0.2, 0) is 0 Å². The molecule has 0 bridgehead atoms. The Balaban J connectivity index is 1.38. The quantitative estimate of drug-likeness (QED) is 0.140. The number of para-hydroxylation sites is 1. The molecule has 0 radical (unpaired) electrons. The molecule has 5 rings (SSSR count). The largest absolute Gasteiger partial charge is 0.497 e. The van der Waals surface area contributed by atoms with Crippen molar-refractivity contribution in [2.45, 2.75) is 25.7 Å². The second-order valence-electron chi connectivity index (χ2n) is 11.3. The van der Waals surface area contributed by atoms with E-state index < -0.39 is 11.9 Å². The average Bonchev–Trinajstić information content (AvgIpc) is 3.13. The zero-order valence-corrected chi connectivity index (χ0v) is 28.5. The van der Waals surface area contributed by atoms with Crippen molar-refractivity contribution in [1.29, 1.82) is 0 Å². The Bertz CT molecular complexity index is 1730. The number of methoxy groups -OCH3 is 4. The van der Waals surface area contributed by atoms with Crippen LogP contribution in [0.15, 0.2) is 60.7 Å². The number of nitrogens with zero attached hydrogens (tertiary/aromatic N) is 4. The van der Waals surface area contributed by atoms with Gasteiger partial charge in [-0.3, -0.25) is 4.90 Å². The van der Waals surface area contributed by atoms with Crippen LogP contribution in [0.3, 0.4) is 0 Å². The number of anilines is 3. The van der Waals surface area contributed by atoms with Gasteiger partial charge in [0, 0.05) is 43.0 Å². The minimum atomic E-state index is -0.757. The third-order valence-electron chi connectivity index (χ3n) is 8.11. The van der Waals surface area contributed by atoms with Crippen LogP contribution in [0.5, 0.6) is 34.6 Å². The smallest absolute Gasteiger partial charge is 0.420 e. The van der Waals surface area contributed by atoms with Crippen LogP contribution < -0.4 is 38.6 Å².